The smallest absolute Gasteiger partial charge is 0.123 e. The van der Waals surface area contributed by atoms with E-state index in [4.69, 9.17) is 10.5 Å². The summed E-state index contributed by atoms with van der Waals surface area (Å²) in [6.45, 7) is 5.32. The molecule has 0 saturated heterocycles. The molecule has 90 valence electrons. The van der Waals surface area contributed by atoms with Gasteiger partial charge >= 0.3 is 0 Å². The van der Waals surface area contributed by atoms with Crippen molar-refractivity contribution in [3.63, 3.8) is 0 Å². The molecule has 0 heterocycles. The Morgan fingerprint density at radius 2 is 1.88 bits per heavy atom. The van der Waals surface area contributed by atoms with Crippen LogP contribution in [0.25, 0.3) is 0 Å². The maximum Gasteiger partial charge on any atom is 0.123 e. The first-order chi connectivity index (χ1) is 7.58. The van der Waals surface area contributed by atoms with Crippen LogP contribution in [-0.2, 0) is 11.3 Å². The molecule has 0 aliphatic heterocycles. The van der Waals surface area contributed by atoms with Gasteiger partial charge in [-0.25, -0.2) is 4.39 Å². The molecule has 0 radical (unpaired) electrons. The molecular formula is C13H20FNO. The van der Waals surface area contributed by atoms with Crippen LogP contribution in [0, 0.1) is 11.7 Å². The number of hydrogen-bond donors (Lipinski definition) is 1. The minimum atomic E-state index is -0.222. The van der Waals surface area contributed by atoms with E-state index in [0.717, 1.165) is 12.0 Å². The lowest BCUT2D eigenvalue weighted by Gasteiger charge is -2.14. The zero-order valence-electron chi connectivity index (χ0n) is 9.95. The first-order valence-electron chi connectivity index (χ1n) is 5.65. The van der Waals surface area contributed by atoms with Crippen molar-refractivity contribution < 1.29 is 9.13 Å². The normalized spacial score (nSPS) is 13.1. The third-order valence-electron chi connectivity index (χ3n) is 2.29. The predicted octanol–water partition coefficient (Wildman–Crippen LogP) is 2.72. The predicted molar refractivity (Wildman–Crippen MR) is 63.5 cm³/mol. The highest BCUT2D eigenvalue weighted by Gasteiger charge is 2.05. The molecule has 0 unspecified atom stereocenters. The maximum atomic E-state index is 12.6. The van der Waals surface area contributed by atoms with Crippen LogP contribution >= 0.6 is 0 Å². The summed E-state index contributed by atoms with van der Waals surface area (Å²) in [5, 5.41) is 0. The van der Waals surface area contributed by atoms with E-state index in [2.05, 4.69) is 13.8 Å². The van der Waals surface area contributed by atoms with Crippen LogP contribution in [0.4, 0.5) is 4.39 Å². The Balaban J connectivity index is 2.22. The van der Waals surface area contributed by atoms with Crippen molar-refractivity contribution in [2.24, 2.45) is 11.7 Å². The van der Waals surface area contributed by atoms with Gasteiger partial charge in [0.05, 0.1) is 13.2 Å². The fraction of sp³-hybridized carbons (Fsp3) is 0.538. The largest absolute Gasteiger partial charge is 0.375 e. The molecule has 0 saturated carbocycles. The summed E-state index contributed by atoms with van der Waals surface area (Å²) in [5.74, 6) is 0.365. The second-order valence-corrected chi connectivity index (χ2v) is 4.53. The Labute approximate surface area is 96.6 Å². The number of rotatable bonds is 6. The highest BCUT2D eigenvalue weighted by atomic mass is 19.1. The summed E-state index contributed by atoms with van der Waals surface area (Å²) in [4.78, 5) is 0. The summed E-state index contributed by atoms with van der Waals surface area (Å²) >= 11 is 0. The number of nitrogens with two attached hydrogens (primary N) is 1. The van der Waals surface area contributed by atoms with Gasteiger partial charge in [-0.1, -0.05) is 26.0 Å². The Morgan fingerprint density at radius 1 is 1.25 bits per heavy atom. The van der Waals surface area contributed by atoms with Crippen LogP contribution in [-0.4, -0.2) is 12.6 Å². The standard InChI is InChI=1S/C13H20FNO/c1-10(2)7-13(15)9-16-8-11-3-5-12(14)6-4-11/h3-6,10,13H,7-9,15H2,1-2H3/t13-/m1/s1. The average Bonchev–Trinajstić information content (AvgIpc) is 2.20. The second-order valence-electron chi connectivity index (χ2n) is 4.53. The second kappa shape index (κ2) is 6.61. The Hall–Kier alpha value is -0.930. The van der Waals surface area contributed by atoms with Crippen LogP contribution in [0.15, 0.2) is 24.3 Å². The molecule has 0 aliphatic carbocycles. The number of benzene rings is 1. The van der Waals surface area contributed by atoms with E-state index in [0.29, 0.717) is 19.1 Å². The van der Waals surface area contributed by atoms with Gasteiger partial charge in [0.25, 0.3) is 0 Å². The van der Waals surface area contributed by atoms with Crippen molar-refractivity contribution in [3.8, 4) is 0 Å². The lowest BCUT2D eigenvalue weighted by atomic mass is 10.1. The third kappa shape index (κ3) is 5.24. The Bertz CT molecular complexity index is 297. The molecule has 0 aliphatic rings. The van der Waals surface area contributed by atoms with Crippen molar-refractivity contribution in [1.29, 1.82) is 0 Å². The van der Waals surface area contributed by atoms with Gasteiger partial charge in [-0.3, -0.25) is 0 Å². The van der Waals surface area contributed by atoms with Gasteiger partial charge in [0.2, 0.25) is 0 Å². The van der Waals surface area contributed by atoms with Gasteiger partial charge in [0.15, 0.2) is 0 Å². The molecule has 1 aromatic carbocycles. The molecule has 1 rings (SSSR count). The quantitative estimate of drug-likeness (QED) is 0.808. The highest BCUT2D eigenvalue weighted by Crippen LogP contribution is 2.06. The van der Waals surface area contributed by atoms with E-state index >= 15 is 0 Å². The molecule has 3 heteroatoms. The number of ether oxygens (including phenoxy) is 1. The van der Waals surface area contributed by atoms with E-state index in [1.807, 2.05) is 0 Å². The molecule has 1 aromatic rings. The van der Waals surface area contributed by atoms with Crippen molar-refractivity contribution >= 4 is 0 Å². The summed E-state index contributed by atoms with van der Waals surface area (Å²) in [7, 11) is 0. The molecule has 2 N–H and O–H groups in total. The fourth-order valence-electron chi connectivity index (χ4n) is 1.58. The van der Waals surface area contributed by atoms with E-state index in [1.165, 1.54) is 12.1 Å². The van der Waals surface area contributed by atoms with Crippen LogP contribution in [0.1, 0.15) is 25.8 Å². The molecule has 1 atom stereocenters. The van der Waals surface area contributed by atoms with Gasteiger partial charge in [-0.05, 0) is 30.0 Å². The first kappa shape index (κ1) is 13.1. The fourth-order valence-corrected chi connectivity index (χ4v) is 1.58. The molecule has 0 amide bonds. The van der Waals surface area contributed by atoms with Crippen molar-refractivity contribution in [1.82, 2.24) is 0 Å². The molecule has 0 fully saturated rings. The lowest BCUT2D eigenvalue weighted by molar-refractivity contribution is 0.103. The molecule has 0 aromatic heterocycles. The lowest BCUT2D eigenvalue weighted by Crippen LogP contribution is -2.27. The molecule has 0 bridgehead atoms. The molecular weight excluding hydrogens is 205 g/mol. The van der Waals surface area contributed by atoms with Gasteiger partial charge in [-0.2, -0.15) is 0 Å². The SMILES string of the molecule is CC(C)C[C@@H](N)COCc1ccc(F)cc1. The van der Waals surface area contributed by atoms with Crippen molar-refractivity contribution in [2.45, 2.75) is 32.9 Å². The maximum absolute atomic E-state index is 12.6. The van der Waals surface area contributed by atoms with Gasteiger partial charge in [0, 0.05) is 6.04 Å². The summed E-state index contributed by atoms with van der Waals surface area (Å²) in [5.41, 5.74) is 6.85. The Morgan fingerprint density at radius 3 is 2.44 bits per heavy atom. The van der Waals surface area contributed by atoms with E-state index in [-0.39, 0.29) is 11.9 Å². The number of halogens is 1. The van der Waals surface area contributed by atoms with Gasteiger partial charge in [0.1, 0.15) is 5.82 Å². The van der Waals surface area contributed by atoms with Crippen LogP contribution < -0.4 is 5.73 Å². The van der Waals surface area contributed by atoms with E-state index in [1.54, 1.807) is 12.1 Å². The zero-order valence-corrected chi connectivity index (χ0v) is 9.95. The van der Waals surface area contributed by atoms with Crippen LogP contribution in [0.2, 0.25) is 0 Å². The molecule has 0 spiro atoms. The van der Waals surface area contributed by atoms with Gasteiger partial charge < -0.3 is 10.5 Å². The van der Waals surface area contributed by atoms with Gasteiger partial charge in [-0.15, -0.1) is 0 Å². The topological polar surface area (TPSA) is 35.2 Å². The van der Waals surface area contributed by atoms with E-state index < -0.39 is 0 Å². The third-order valence-corrected chi connectivity index (χ3v) is 2.29. The zero-order chi connectivity index (χ0) is 12.0. The minimum absolute atomic E-state index is 0.0837. The van der Waals surface area contributed by atoms with Crippen molar-refractivity contribution in [2.75, 3.05) is 6.61 Å². The van der Waals surface area contributed by atoms with Crippen molar-refractivity contribution in [3.05, 3.63) is 35.6 Å². The summed E-state index contributed by atoms with van der Waals surface area (Å²) < 4.78 is 18.1. The first-order valence-corrected chi connectivity index (χ1v) is 5.65. The minimum Gasteiger partial charge on any atom is -0.375 e. The van der Waals surface area contributed by atoms with E-state index in [9.17, 15) is 4.39 Å². The van der Waals surface area contributed by atoms with Crippen LogP contribution in [0.5, 0.6) is 0 Å². The van der Waals surface area contributed by atoms with Crippen LogP contribution in [0.3, 0.4) is 0 Å². The summed E-state index contributed by atoms with van der Waals surface area (Å²) in [6, 6.07) is 6.41. The summed E-state index contributed by atoms with van der Waals surface area (Å²) in [6.07, 6.45) is 0.962. The highest BCUT2D eigenvalue weighted by molar-refractivity contribution is 5.14. The molecule has 2 nitrogen and oxygen atoms in total. The number of hydrogen-bond acceptors (Lipinski definition) is 2. The molecule has 16 heavy (non-hydrogen) atoms. The Kier molecular flexibility index (Phi) is 5.43. The average molecular weight is 225 g/mol. The monoisotopic (exact) mass is 225 g/mol.